The molecule has 0 saturated heterocycles. The van der Waals surface area contributed by atoms with Crippen molar-refractivity contribution < 1.29 is 36.0 Å². The van der Waals surface area contributed by atoms with Crippen molar-refractivity contribution in [1.29, 1.82) is 0 Å². The number of aliphatic hydroxyl groups excluding tert-OH is 1. The van der Waals surface area contributed by atoms with E-state index in [4.69, 9.17) is 9.84 Å². The Kier molecular flexibility index (Phi) is 8.40. The molecule has 2 aliphatic carbocycles. The predicted octanol–water partition coefficient (Wildman–Crippen LogP) is 2.86. The summed E-state index contributed by atoms with van der Waals surface area (Å²) in [5, 5.41) is 8.93. The molecule has 0 unspecified atom stereocenters. The molecule has 0 atom stereocenters. The van der Waals surface area contributed by atoms with Gasteiger partial charge in [-0.25, -0.2) is 18.2 Å². The second kappa shape index (κ2) is 8.73. The Morgan fingerprint density at radius 2 is 2.27 bits per heavy atom. The van der Waals surface area contributed by atoms with E-state index < -0.39 is 0 Å². The second-order valence-electron chi connectivity index (χ2n) is 2.73. The third-order valence-corrected chi connectivity index (χ3v) is 1.68. The van der Waals surface area contributed by atoms with Crippen LogP contribution in [0.3, 0.4) is 0 Å². The smallest absolute Gasteiger partial charge is 0.576 e. The first-order valence-electron chi connectivity index (χ1n) is 4.69. The Morgan fingerprint density at radius 3 is 2.60 bits per heavy atom. The third kappa shape index (κ3) is 5.79. The zero-order valence-electron chi connectivity index (χ0n) is 8.79. The van der Waals surface area contributed by atoms with E-state index >= 15 is 0 Å². The van der Waals surface area contributed by atoms with Crippen LogP contribution < -0.4 is 0 Å². The van der Waals surface area contributed by atoms with Gasteiger partial charge in [0.2, 0.25) is 0 Å². The van der Waals surface area contributed by atoms with Crippen LogP contribution in [0.4, 0.5) is 0 Å². The fourth-order valence-electron chi connectivity index (χ4n) is 1.05. The number of rotatable bonds is 2. The average Bonchev–Trinajstić information content (AvgIpc) is 2.81. The van der Waals surface area contributed by atoms with Crippen LogP contribution in [0.25, 0.3) is 0 Å². The standard InChI is InChI=1S/C7H9O2.C5H5.Zr/c1-2-9-7-5-3-4-6(7)8;1-2-4-5-3-1;/h5,8H,2-3H2,1H3;1-3H,4H2;/q2*-1;+2. The molecule has 0 aromatic carbocycles. The minimum Gasteiger partial charge on any atom is -0.576 e. The van der Waals surface area contributed by atoms with Crippen LogP contribution in [0.2, 0.25) is 0 Å². The zero-order valence-corrected chi connectivity index (χ0v) is 11.2. The van der Waals surface area contributed by atoms with E-state index in [9.17, 15) is 0 Å². The van der Waals surface area contributed by atoms with Crippen molar-refractivity contribution >= 4 is 0 Å². The maximum Gasteiger partial charge on any atom is 2.00 e. The molecule has 0 amide bonds. The first-order chi connectivity index (χ1) is 6.84. The largest absolute Gasteiger partial charge is 2.00 e. The summed E-state index contributed by atoms with van der Waals surface area (Å²) < 4.78 is 5.03. The predicted molar refractivity (Wildman–Crippen MR) is 55.3 cm³/mol. The molecule has 2 rings (SSSR count). The fraction of sp³-hybridized carbons (Fsp3) is 0.333. The van der Waals surface area contributed by atoms with Crippen molar-refractivity contribution in [2.45, 2.75) is 19.8 Å². The summed E-state index contributed by atoms with van der Waals surface area (Å²) in [7, 11) is 0. The summed E-state index contributed by atoms with van der Waals surface area (Å²) in [5.41, 5.74) is 0. The van der Waals surface area contributed by atoms with Crippen molar-refractivity contribution in [2.24, 2.45) is 0 Å². The van der Waals surface area contributed by atoms with Crippen molar-refractivity contribution in [3.8, 4) is 0 Å². The molecule has 0 saturated carbocycles. The summed E-state index contributed by atoms with van der Waals surface area (Å²) in [5.74, 6) is 0.717. The van der Waals surface area contributed by atoms with Crippen LogP contribution in [-0.2, 0) is 30.9 Å². The molecular weight excluding hydrogens is 267 g/mol. The van der Waals surface area contributed by atoms with Gasteiger partial charge in [-0.15, -0.1) is 18.9 Å². The third-order valence-electron chi connectivity index (χ3n) is 1.68. The first kappa shape index (κ1) is 14.4. The van der Waals surface area contributed by atoms with Gasteiger partial charge in [0.25, 0.3) is 0 Å². The summed E-state index contributed by atoms with van der Waals surface area (Å²) in [6, 6.07) is 0. The fourth-order valence-corrected chi connectivity index (χ4v) is 1.05. The molecule has 3 heteroatoms. The van der Waals surface area contributed by atoms with Crippen molar-refractivity contribution in [1.82, 2.24) is 0 Å². The molecule has 0 fully saturated rings. The van der Waals surface area contributed by atoms with E-state index in [1.165, 1.54) is 0 Å². The van der Waals surface area contributed by atoms with Gasteiger partial charge in [-0.2, -0.15) is 6.08 Å². The van der Waals surface area contributed by atoms with Crippen molar-refractivity contribution in [2.75, 3.05) is 6.61 Å². The maximum atomic E-state index is 8.93. The molecule has 15 heavy (non-hydrogen) atoms. The van der Waals surface area contributed by atoms with Gasteiger partial charge in [-0.1, -0.05) is 0 Å². The number of ether oxygens (including phenoxy) is 1. The molecule has 78 valence electrons. The minimum atomic E-state index is 0. The summed E-state index contributed by atoms with van der Waals surface area (Å²) >= 11 is 0. The normalized spacial score (nSPS) is 16.1. The molecule has 1 N–H and O–H groups in total. The van der Waals surface area contributed by atoms with Gasteiger partial charge in [-0.05, 0) is 12.7 Å². The van der Waals surface area contributed by atoms with Gasteiger partial charge < -0.3 is 9.84 Å². The molecule has 2 nitrogen and oxygen atoms in total. The molecule has 0 aromatic rings. The summed E-state index contributed by atoms with van der Waals surface area (Å²) in [6.45, 7) is 2.48. The Hall–Kier alpha value is -0.557. The van der Waals surface area contributed by atoms with Crippen molar-refractivity contribution in [3.63, 3.8) is 0 Å². The topological polar surface area (TPSA) is 29.5 Å². The van der Waals surface area contributed by atoms with E-state index in [0.717, 1.165) is 6.42 Å². The van der Waals surface area contributed by atoms with Gasteiger partial charge in [-0.3, -0.25) is 6.08 Å². The summed E-state index contributed by atoms with van der Waals surface area (Å²) in [6.07, 6.45) is 15.2. The number of hydrogen-bond acceptors (Lipinski definition) is 2. The molecular formula is C12H14O2Zr. The minimum absolute atomic E-state index is 0. The van der Waals surface area contributed by atoms with Crippen LogP contribution in [0.15, 0.2) is 35.8 Å². The maximum absolute atomic E-state index is 8.93. The molecule has 2 aliphatic rings. The van der Waals surface area contributed by atoms with E-state index in [1.54, 1.807) is 6.08 Å². The van der Waals surface area contributed by atoms with E-state index in [1.807, 2.05) is 19.1 Å². The van der Waals surface area contributed by atoms with E-state index in [2.05, 4.69) is 18.2 Å². The molecule has 0 bridgehead atoms. The Labute approximate surface area is 110 Å². The average molecular weight is 281 g/mol. The second-order valence-corrected chi connectivity index (χ2v) is 2.73. The van der Waals surface area contributed by atoms with E-state index in [0.29, 0.717) is 18.8 Å². The summed E-state index contributed by atoms with van der Waals surface area (Å²) in [4.78, 5) is 0. The SMILES string of the molecule is CCOC1=CC[C-]=C1O.[C-]1=CC=CC1.[Zr+2]. The Bertz CT molecular complexity index is 278. The molecule has 0 aromatic heterocycles. The van der Waals surface area contributed by atoms with E-state index in [-0.39, 0.29) is 32.0 Å². The molecule has 0 aliphatic heterocycles. The monoisotopic (exact) mass is 280 g/mol. The quantitative estimate of drug-likeness (QED) is 0.789. The van der Waals surface area contributed by atoms with Gasteiger partial charge in [0.1, 0.15) is 0 Å². The van der Waals surface area contributed by atoms with Crippen LogP contribution in [0.5, 0.6) is 0 Å². The van der Waals surface area contributed by atoms with Gasteiger partial charge in [0, 0.05) is 5.76 Å². The number of aliphatic hydroxyl groups is 1. The first-order valence-corrected chi connectivity index (χ1v) is 4.69. The molecule has 0 heterocycles. The number of hydrogen-bond donors (Lipinski definition) is 1. The molecule has 0 radical (unpaired) electrons. The van der Waals surface area contributed by atoms with Gasteiger partial charge >= 0.3 is 26.2 Å². The molecule has 0 spiro atoms. The zero-order chi connectivity index (χ0) is 10.2. The number of allylic oxidation sites excluding steroid dienone is 6. The van der Waals surface area contributed by atoms with Crippen LogP contribution >= 0.6 is 0 Å². The van der Waals surface area contributed by atoms with Crippen LogP contribution in [-0.4, -0.2) is 11.7 Å². The van der Waals surface area contributed by atoms with Crippen LogP contribution in [0, 0.1) is 12.2 Å². The van der Waals surface area contributed by atoms with Gasteiger partial charge in [0.05, 0.1) is 6.61 Å². The van der Waals surface area contributed by atoms with Gasteiger partial charge in [0.15, 0.2) is 0 Å². The Balaban J connectivity index is 0.000000280. The van der Waals surface area contributed by atoms with Crippen LogP contribution in [0.1, 0.15) is 19.8 Å². The Morgan fingerprint density at radius 1 is 1.47 bits per heavy atom. The van der Waals surface area contributed by atoms with Crippen molar-refractivity contribution in [3.05, 3.63) is 48.0 Å².